The average Bonchev–Trinajstić information content (AvgIpc) is 3.11. The van der Waals surface area contributed by atoms with Crippen molar-refractivity contribution in [3.05, 3.63) is 54.1 Å². The van der Waals surface area contributed by atoms with Crippen molar-refractivity contribution in [2.75, 3.05) is 19.4 Å². The number of aromatic nitrogens is 3. The molecule has 1 amide bonds. The standard InChI is InChI=1S/C20H22N4O2S/c1-4-21-18(25)13-27-20-23-22-19(16-7-5-6-8-17(16)26-3)24(20)15-11-9-14(2)10-12-15/h5-12H,4,13H2,1-3H3,(H,21,25). The Morgan fingerprint density at radius 3 is 2.59 bits per heavy atom. The van der Waals surface area contributed by atoms with Gasteiger partial charge in [-0.2, -0.15) is 0 Å². The van der Waals surface area contributed by atoms with Gasteiger partial charge in [-0.3, -0.25) is 9.36 Å². The maximum Gasteiger partial charge on any atom is 0.230 e. The lowest BCUT2D eigenvalue weighted by Gasteiger charge is -2.12. The number of hydrogen-bond donors (Lipinski definition) is 1. The van der Waals surface area contributed by atoms with Crippen LogP contribution in [0.4, 0.5) is 0 Å². The molecule has 0 aliphatic heterocycles. The Morgan fingerprint density at radius 2 is 1.89 bits per heavy atom. The highest BCUT2D eigenvalue weighted by molar-refractivity contribution is 7.99. The molecular weight excluding hydrogens is 360 g/mol. The number of nitrogens with zero attached hydrogens (tertiary/aromatic N) is 3. The summed E-state index contributed by atoms with van der Waals surface area (Å²) in [6.07, 6.45) is 0. The number of carbonyl (C=O) groups excluding carboxylic acids is 1. The Balaban J connectivity index is 2.06. The number of nitrogens with one attached hydrogen (secondary N) is 1. The molecule has 0 unspecified atom stereocenters. The maximum absolute atomic E-state index is 11.9. The summed E-state index contributed by atoms with van der Waals surface area (Å²) in [4.78, 5) is 11.9. The largest absolute Gasteiger partial charge is 0.496 e. The van der Waals surface area contributed by atoms with E-state index in [1.165, 1.54) is 17.3 Å². The fourth-order valence-corrected chi connectivity index (χ4v) is 3.45. The number of benzene rings is 2. The van der Waals surface area contributed by atoms with Crippen LogP contribution in [0.2, 0.25) is 0 Å². The van der Waals surface area contributed by atoms with E-state index in [9.17, 15) is 4.79 Å². The zero-order valence-electron chi connectivity index (χ0n) is 15.6. The zero-order chi connectivity index (χ0) is 19.2. The molecule has 0 atom stereocenters. The van der Waals surface area contributed by atoms with Gasteiger partial charge in [-0.15, -0.1) is 10.2 Å². The number of methoxy groups -OCH3 is 1. The molecular formula is C20H22N4O2S. The van der Waals surface area contributed by atoms with Crippen LogP contribution in [0.25, 0.3) is 17.1 Å². The Bertz CT molecular complexity index is 922. The third-order valence-corrected chi connectivity index (χ3v) is 4.91. The van der Waals surface area contributed by atoms with Crippen LogP contribution in [-0.2, 0) is 4.79 Å². The third kappa shape index (κ3) is 4.31. The minimum Gasteiger partial charge on any atom is -0.496 e. The van der Waals surface area contributed by atoms with Crippen LogP contribution in [0.3, 0.4) is 0 Å². The number of para-hydroxylation sites is 1. The van der Waals surface area contributed by atoms with Crippen molar-refractivity contribution in [2.24, 2.45) is 0 Å². The first-order valence-corrected chi connectivity index (χ1v) is 9.68. The van der Waals surface area contributed by atoms with E-state index in [0.29, 0.717) is 17.5 Å². The van der Waals surface area contributed by atoms with E-state index >= 15 is 0 Å². The number of ether oxygens (including phenoxy) is 1. The highest BCUT2D eigenvalue weighted by Gasteiger charge is 2.19. The summed E-state index contributed by atoms with van der Waals surface area (Å²) in [5.41, 5.74) is 2.95. The topological polar surface area (TPSA) is 69.0 Å². The molecule has 1 aromatic heterocycles. The van der Waals surface area contributed by atoms with Crippen LogP contribution >= 0.6 is 11.8 Å². The molecule has 0 aliphatic rings. The molecule has 27 heavy (non-hydrogen) atoms. The molecule has 0 spiro atoms. The van der Waals surface area contributed by atoms with Crippen LogP contribution in [0.5, 0.6) is 5.75 Å². The summed E-state index contributed by atoms with van der Waals surface area (Å²) in [5, 5.41) is 12.2. The Labute approximate surface area is 163 Å². The summed E-state index contributed by atoms with van der Waals surface area (Å²) >= 11 is 1.36. The molecule has 0 aliphatic carbocycles. The van der Waals surface area contributed by atoms with Gasteiger partial charge in [-0.25, -0.2) is 0 Å². The fraction of sp³-hybridized carbons (Fsp3) is 0.250. The summed E-state index contributed by atoms with van der Waals surface area (Å²) in [6, 6.07) is 15.8. The normalized spacial score (nSPS) is 10.6. The molecule has 0 fully saturated rings. The maximum atomic E-state index is 11.9. The van der Waals surface area contributed by atoms with Crippen LogP contribution in [0.15, 0.2) is 53.7 Å². The summed E-state index contributed by atoms with van der Waals surface area (Å²) in [7, 11) is 1.64. The molecule has 0 saturated heterocycles. The minimum atomic E-state index is -0.0280. The fourth-order valence-electron chi connectivity index (χ4n) is 2.67. The van der Waals surface area contributed by atoms with E-state index < -0.39 is 0 Å². The van der Waals surface area contributed by atoms with E-state index in [1.807, 2.05) is 66.9 Å². The minimum absolute atomic E-state index is 0.0280. The van der Waals surface area contributed by atoms with Crippen LogP contribution in [0.1, 0.15) is 12.5 Å². The monoisotopic (exact) mass is 382 g/mol. The van der Waals surface area contributed by atoms with E-state index in [1.54, 1.807) is 7.11 Å². The van der Waals surface area contributed by atoms with E-state index in [2.05, 4.69) is 15.5 Å². The van der Waals surface area contributed by atoms with Crippen molar-refractivity contribution in [2.45, 2.75) is 19.0 Å². The van der Waals surface area contributed by atoms with E-state index in [-0.39, 0.29) is 11.7 Å². The zero-order valence-corrected chi connectivity index (χ0v) is 16.4. The predicted molar refractivity (Wildman–Crippen MR) is 107 cm³/mol. The quantitative estimate of drug-likeness (QED) is 0.634. The molecule has 3 aromatic rings. The molecule has 140 valence electrons. The number of amides is 1. The lowest BCUT2D eigenvalue weighted by molar-refractivity contribution is -0.118. The lowest BCUT2D eigenvalue weighted by atomic mass is 10.1. The van der Waals surface area contributed by atoms with E-state index in [0.717, 1.165) is 17.0 Å². The van der Waals surface area contributed by atoms with Crippen molar-refractivity contribution in [1.82, 2.24) is 20.1 Å². The SMILES string of the molecule is CCNC(=O)CSc1nnc(-c2ccccc2OC)n1-c1ccc(C)cc1. The van der Waals surface area contributed by atoms with Gasteiger partial charge in [0, 0.05) is 12.2 Å². The van der Waals surface area contributed by atoms with Crippen molar-refractivity contribution in [3.8, 4) is 22.8 Å². The molecule has 7 heteroatoms. The number of hydrogen-bond acceptors (Lipinski definition) is 5. The van der Waals surface area contributed by atoms with Crippen molar-refractivity contribution >= 4 is 17.7 Å². The number of rotatable bonds is 7. The Kier molecular flexibility index (Phi) is 6.13. The first kappa shape index (κ1) is 19.0. The summed E-state index contributed by atoms with van der Waals surface area (Å²) < 4.78 is 7.46. The van der Waals surface area contributed by atoms with Gasteiger partial charge in [0.2, 0.25) is 5.91 Å². The van der Waals surface area contributed by atoms with Gasteiger partial charge in [0.05, 0.1) is 18.4 Å². The average molecular weight is 382 g/mol. The highest BCUT2D eigenvalue weighted by atomic mass is 32.2. The predicted octanol–water partition coefficient (Wildman–Crippen LogP) is 3.48. The lowest BCUT2D eigenvalue weighted by Crippen LogP contribution is -2.24. The second-order valence-electron chi connectivity index (χ2n) is 5.92. The molecule has 1 heterocycles. The van der Waals surface area contributed by atoms with Gasteiger partial charge in [0.15, 0.2) is 11.0 Å². The van der Waals surface area contributed by atoms with Gasteiger partial charge in [-0.05, 0) is 38.1 Å². The molecule has 0 radical (unpaired) electrons. The number of aryl methyl sites for hydroxylation is 1. The smallest absolute Gasteiger partial charge is 0.230 e. The number of thioether (sulfide) groups is 1. The van der Waals surface area contributed by atoms with Crippen molar-refractivity contribution < 1.29 is 9.53 Å². The Hall–Kier alpha value is -2.80. The Morgan fingerprint density at radius 1 is 1.15 bits per heavy atom. The second-order valence-corrected chi connectivity index (χ2v) is 6.86. The van der Waals surface area contributed by atoms with Gasteiger partial charge in [-0.1, -0.05) is 41.6 Å². The van der Waals surface area contributed by atoms with Crippen LogP contribution in [-0.4, -0.2) is 40.1 Å². The van der Waals surface area contributed by atoms with Crippen LogP contribution in [0, 0.1) is 6.92 Å². The number of carbonyl (C=O) groups is 1. The molecule has 2 aromatic carbocycles. The van der Waals surface area contributed by atoms with Crippen LogP contribution < -0.4 is 10.1 Å². The van der Waals surface area contributed by atoms with E-state index in [4.69, 9.17) is 4.74 Å². The summed E-state index contributed by atoms with van der Waals surface area (Å²) in [5.74, 6) is 1.65. The van der Waals surface area contributed by atoms with Crippen molar-refractivity contribution in [3.63, 3.8) is 0 Å². The first-order valence-electron chi connectivity index (χ1n) is 8.69. The third-order valence-electron chi connectivity index (χ3n) is 3.98. The van der Waals surface area contributed by atoms with Gasteiger partial charge >= 0.3 is 0 Å². The van der Waals surface area contributed by atoms with Gasteiger partial charge in [0.1, 0.15) is 5.75 Å². The summed E-state index contributed by atoms with van der Waals surface area (Å²) in [6.45, 7) is 4.55. The molecule has 0 bridgehead atoms. The molecule has 3 rings (SSSR count). The second kappa shape index (κ2) is 8.73. The van der Waals surface area contributed by atoms with Crippen molar-refractivity contribution in [1.29, 1.82) is 0 Å². The molecule has 0 saturated carbocycles. The van der Waals surface area contributed by atoms with Gasteiger partial charge < -0.3 is 10.1 Å². The highest BCUT2D eigenvalue weighted by Crippen LogP contribution is 2.33. The molecule has 6 nitrogen and oxygen atoms in total. The van der Waals surface area contributed by atoms with Gasteiger partial charge in [0.25, 0.3) is 0 Å². The molecule has 1 N–H and O–H groups in total. The first-order chi connectivity index (χ1) is 13.1.